The summed E-state index contributed by atoms with van der Waals surface area (Å²) in [6, 6.07) is 11.3. The molecule has 1 amide bonds. The molecule has 0 spiro atoms. The van der Waals surface area contributed by atoms with Gasteiger partial charge in [-0.3, -0.25) is 0 Å². The Kier molecular flexibility index (Phi) is 5.67. The predicted octanol–water partition coefficient (Wildman–Crippen LogP) is 5.55. The molecule has 5 rings (SSSR count). The maximum Gasteiger partial charge on any atom is 0.494 e. The van der Waals surface area contributed by atoms with E-state index in [1.54, 1.807) is 0 Å². The van der Waals surface area contributed by atoms with Gasteiger partial charge < -0.3 is 23.9 Å². The van der Waals surface area contributed by atoms with Crippen molar-refractivity contribution in [3.8, 4) is 0 Å². The SMILES string of the molecule is CC(C)(C)OC(=O)N1C[Si-](C)(C)C[C@H]1c1nc2c(ccc3cc(B4OC(C)(C)C(C)(C)O4)ccc32)[nH]1. The molecule has 7 nitrogen and oxygen atoms in total. The van der Waals surface area contributed by atoms with E-state index in [0.29, 0.717) is 0 Å². The minimum Gasteiger partial charge on any atom is -0.444 e. The van der Waals surface area contributed by atoms with Gasteiger partial charge in [-0.05, 0) is 65.4 Å². The molecule has 0 saturated carbocycles. The van der Waals surface area contributed by atoms with E-state index in [2.05, 4.69) is 76.1 Å². The maximum atomic E-state index is 13.1. The number of nitrogens with zero attached hydrogens (tertiary/aromatic N) is 2. The summed E-state index contributed by atoms with van der Waals surface area (Å²) in [7, 11) is -2.00. The van der Waals surface area contributed by atoms with Crippen LogP contribution in [-0.4, -0.2) is 59.1 Å². The highest BCUT2D eigenvalue weighted by atomic mass is 28.3. The Morgan fingerprint density at radius 3 is 2.44 bits per heavy atom. The van der Waals surface area contributed by atoms with Crippen molar-refractivity contribution in [2.24, 2.45) is 0 Å². The fourth-order valence-electron chi connectivity index (χ4n) is 5.15. The second kappa shape index (κ2) is 8.07. The van der Waals surface area contributed by atoms with Crippen molar-refractivity contribution in [1.82, 2.24) is 14.9 Å². The molecule has 3 heterocycles. The van der Waals surface area contributed by atoms with Gasteiger partial charge in [0, 0.05) is 5.39 Å². The van der Waals surface area contributed by atoms with Crippen LogP contribution in [-0.2, 0) is 14.0 Å². The third kappa shape index (κ3) is 4.46. The summed E-state index contributed by atoms with van der Waals surface area (Å²) in [5.41, 5.74) is 1.58. The molecule has 0 radical (unpaired) electrons. The number of rotatable bonds is 2. The average molecular weight is 508 g/mol. The number of hydrogen-bond acceptors (Lipinski definition) is 5. The number of imidazole rings is 1. The topological polar surface area (TPSA) is 76.7 Å². The van der Waals surface area contributed by atoms with E-state index in [9.17, 15) is 4.79 Å². The monoisotopic (exact) mass is 507 g/mol. The number of hydrogen-bond donors (Lipinski definition) is 1. The van der Waals surface area contributed by atoms with E-state index in [-0.39, 0.29) is 23.3 Å². The molecule has 1 atom stereocenters. The second-order valence-electron chi connectivity index (χ2n) is 13.1. The van der Waals surface area contributed by atoms with Crippen LogP contribution in [0.2, 0.25) is 19.1 Å². The number of aromatic amines is 1. The molecule has 2 aliphatic rings. The number of amides is 1. The van der Waals surface area contributed by atoms with Gasteiger partial charge in [-0.25, -0.2) is 9.78 Å². The Labute approximate surface area is 215 Å². The minimum absolute atomic E-state index is 0.104. The van der Waals surface area contributed by atoms with Crippen molar-refractivity contribution in [3.63, 3.8) is 0 Å². The standard InChI is InChI=1S/C27H38BN3O4Si/c1-25(2,3)33-24(32)31-16-36(8,9)15-21(31)23-29-20-13-10-17-14-18(11-12-19(17)22(20)30-23)28-34-26(4,5)27(6,7)35-28/h10-14,21H,15-16H2,1-9H3,(H,29,30)/q-1/t21-/m0/s1. The summed E-state index contributed by atoms with van der Waals surface area (Å²) in [6.45, 7) is 18.6. The molecule has 36 heavy (non-hydrogen) atoms. The maximum absolute atomic E-state index is 13.1. The van der Waals surface area contributed by atoms with Gasteiger partial charge >= 0.3 is 13.2 Å². The van der Waals surface area contributed by atoms with E-state index >= 15 is 0 Å². The lowest BCUT2D eigenvalue weighted by Gasteiger charge is -2.32. The number of carbonyl (C=O) groups is 1. The van der Waals surface area contributed by atoms with Crippen LogP contribution in [0, 0.1) is 0 Å². The number of carbonyl (C=O) groups excluding carboxylic acids is 1. The largest absolute Gasteiger partial charge is 0.494 e. The Bertz CT molecular complexity index is 1330. The summed E-state index contributed by atoms with van der Waals surface area (Å²) in [5.74, 6) is 0.830. The number of nitrogens with one attached hydrogen (secondary N) is 1. The first-order valence-electron chi connectivity index (χ1n) is 12.8. The van der Waals surface area contributed by atoms with Crippen LogP contribution >= 0.6 is 0 Å². The van der Waals surface area contributed by atoms with Crippen molar-refractivity contribution in [2.45, 2.75) is 90.4 Å². The van der Waals surface area contributed by atoms with Gasteiger partial charge in [-0.15, -0.1) is 14.1 Å². The highest BCUT2D eigenvalue weighted by Gasteiger charge is 2.51. The van der Waals surface area contributed by atoms with Crippen molar-refractivity contribution >= 4 is 48.6 Å². The molecule has 9 heteroatoms. The smallest absolute Gasteiger partial charge is 0.444 e. The second-order valence-corrected chi connectivity index (χ2v) is 18.2. The highest BCUT2D eigenvalue weighted by molar-refractivity contribution is 6.78. The molecule has 3 aromatic rings. The van der Waals surface area contributed by atoms with Gasteiger partial charge in [0.1, 0.15) is 11.4 Å². The van der Waals surface area contributed by atoms with Crippen LogP contribution in [0.15, 0.2) is 30.3 Å². The highest BCUT2D eigenvalue weighted by Crippen LogP contribution is 2.39. The number of H-pyrrole nitrogens is 1. The molecule has 1 aromatic heterocycles. The van der Waals surface area contributed by atoms with Crippen molar-refractivity contribution in [3.05, 3.63) is 36.2 Å². The Hall–Kier alpha value is -2.36. The average Bonchev–Trinajstić information content (AvgIpc) is 3.37. The molecule has 193 valence electrons. The first kappa shape index (κ1) is 25.3. The zero-order valence-corrected chi connectivity index (χ0v) is 24.0. The third-order valence-corrected chi connectivity index (χ3v) is 10.4. The summed E-state index contributed by atoms with van der Waals surface area (Å²) in [6.07, 6.45) is 0.505. The van der Waals surface area contributed by atoms with Crippen LogP contribution in [0.25, 0.3) is 21.8 Å². The van der Waals surface area contributed by atoms with E-state index in [1.165, 1.54) is 0 Å². The molecule has 2 saturated heterocycles. The number of ether oxygens (including phenoxy) is 1. The lowest BCUT2D eigenvalue weighted by molar-refractivity contribution is 0.00578. The van der Waals surface area contributed by atoms with Gasteiger partial charge in [0.05, 0.1) is 28.3 Å². The number of aromatic nitrogens is 2. The zero-order valence-electron chi connectivity index (χ0n) is 23.0. The summed E-state index contributed by atoms with van der Waals surface area (Å²) < 4.78 is 18.3. The van der Waals surface area contributed by atoms with Crippen LogP contribution in [0.1, 0.15) is 60.3 Å². The first-order chi connectivity index (χ1) is 16.6. The van der Waals surface area contributed by atoms with E-state index in [1.807, 2.05) is 25.7 Å². The van der Waals surface area contributed by atoms with Gasteiger partial charge in [-0.1, -0.05) is 30.4 Å². The molecule has 0 aliphatic carbocycles. The summed E-state index contributed by atoms with van der Waals surface area (Å²) in [5, 5.41) is 2.14. The van der Waals surface area contributed by atoms with Crippen LogP contribution < -0.4 is 5.46 Å². The summed E-state index contributed by atoms with van der Waals surface area (Å²) >= 11 is 0. The third-order valence-electron chi connectivity index (χ3n) is 7.70. The predicted molar refractivity (Wildman–Crippen MR) is 147 cm³/mol. The van der Waals surface area contributed by atoms with Crippen molar-refractivity contribution < 1.29 is 18.8 Å². The molecule has 2 fully saturated rings. The van der Waals surface area contributed by atoms with Crippen LogP contribution in [0.5, 0.6) is 0 Å². The van der Waals surface area contributed by atoms with Gasteiger partial charge in [0.2, 0.25) is 0 Å². The molecule has 2 aromatic carbocycles. The normalized spacial score (nSPS) is 23.1. The van der Waals surface area contributed by atoms with E-state index < -0.39 is 20.8 Å². The summed E-state index contributed by atoms with van der Waals surface area (Å²) in [4.78, 5) is 23.5. The molecule has 0 unspecified atom stereocenters. The Morgan fingerprint density at radius 2 is 1.81 bits per heavy atom. The fraction of sp³-hybridized carbons (Fsp3) is 0.556. The van der Waals surface area contributed by atoms with E-state index in [4.69, 9.17) is 19.0 Å². The van der Waals surface area contributed by atoms with Crippen LogP contribution in [0.3, 0.4) is 0 Å². The van der Waals surface area contributed by atoms with Crippen LogP contribution in [0.4, 0.5) is 4.79 Å². The lowest BCUT2D eigenvalue weighted by atomic mass is 9.78. The first-order valence-corrected chi connectivity index (χ1v) is 16.2. The number of fused-ring (bicyclic) bond motifs is 3. The van der Waals surface area contributed by atoms with Gasteiger partial charge in [0.25, 0.3) is 0 Å². The van der Waals surface area contributed by atoms with Gasteiger partial charge in [0.15, 0.2) is 0 Å². The Balaban J connectivity index is 1.49. The minimum atomic E-state index is -1.60. The quantitative estimate of drug-likeness (QED) is 0.460. The van der Waals surface area contributed by atoms with E-state index in [0.717, 1.165) is 45.3 Å². The van der Waals surface area contributed by atoms with Crippen molar-refractivity contribution in [2.75, 3.05) is 6.17 Å². The molecule has 2 aliphatic heterocycles. The molecular weight excluding hydrogens is 469 g/mol. The lowest BCUT2D eigenvalue weighted by Crippen LogP contribution is -2.41. The molecular formula is C27H38BN3O4Si-. The van der Waals surface area contributed by atoms with Gasteiger partial charge in [-0.2, -0.15) is 13.1 Å². The molecule has 1 N–H and O–H groups in total. The van der Waals surface area contributed by atoms with Crippen molar-refractivity contribution in [1.29, 1.82) is 0 Å². The fourth-order valence-corrected chi connectivity index (χ4v) is 8.01. The number of benzene rings is 2. The molecule has 0 bridgehead atoms. The zero-order chi connectivity index (χ0) is 26.3. The Morgan fingerprint density at radius 1 is 1.14 bits per heavy atom.